The molecule has 0 radical (unpaired) electrons. The maximum Gasteiger partial charge on any atom is 0.218 e. The molecule has 1 aliphatic rings. The predicted octanol–water partition coefficient (Wildman–Crippen LogP) is 1.28. The van der Waals surface area contributed by atoms with E-state index in [1.165, 1.54) is 0 Å². The number of hydrogen-bond acceptors (Lipinski definition) is 6. The van der Waals surface area contributed by atoms with Crippen molar-refractivity contribution < 1.29 is 4.42 Å². The Kier molecular flexibility index (Phi) is 3.43. The van der Waals surface area contributed by atoms with Crippen molar-refractivity contribution in [2.75, 3.05) is 12.3 Å². The molecule has 3 rings (SSSR count). The van der Waals surface area contributed by atoms with Crippen molar-refractivity contribution in [3.63, 3.8) is 0 Å². The van der Waals surface area contributed by atoms with Crippen LogP contribution in [0, 0.1) is 0 Å². The Labute approximate surface area is 117 Å². The molecular weight excluding hydrogens is 256 g/mol. The molecule has 108 valence electrons. The molecule has 7 nitrogen and oxygen atoms in total. The van der Waals surface area contributed by atoms with Crippen LogP contribution >= 0.6 is 0 Å². The Bertz CT molecular complexity index is 570. The summed E-state index contributed by atoms with van der Waals surface area (Å²) in [5, 5.41) is 4.40. The van der Waals surface area contributed by atoms with Gasteiger partial charge in [-0.05, 0) is 19.4 Å². The molecule has 1 aliphatic heterocycles. The molecular formula is C13H20N6O. The van der Waals surface area contributed by atoms with Crippen molar-refractivity contribution >= 4 is 5.95 Å². The molecule has 1 unspecified atom stereocenters. The van der Waals surface area contributed by atoms with Gasteiger partial charge in [0, 0.05) is 13.5 Å². The van der Waals surface area contributed by atoms with Gasteiger partial charge in [-0.15, -0.1) is 0 Å². The summed E-state index contributed by atoms with van der Waals surface area (Å²) in [7, 11) is 1.81. The number of aryl methyl sites for hydroxylation is 2. The van der Waals surface area contributed by atoms with Crippen LogP contribution in [0.4, 0.5) is 5.95 Å². The van der Waals surface area contributed by atoms with Crippen LogP contribution in [0.5, 0.6) is 0 Å². The summed E-state index contributed by atoms with van der Waals surface area (Å²) in [6.45, 7) is 3.80. The van der Waals surface area contributed by atoms with E-state index in [1.54, 1.807) is 4.68 Å². The monoisotopic (exact) mass is 276 g/mol. The van der Waals surface area contributed by atoms with Crippen molar-refractivity contribution in [1.82, 2.24) is 24.6 Å². The lowest BCUT2D eigenvalue weighted by Crippen LogP contribution is -2.23. The summed E-state index contributed by atoms with van der Waals surface area (Å²) < 4.78 is 7.30. The van der Waals surface area contributed by atoms with Gasteiger partial charge in [-0.3, -0.25) is 4.90 Å². The third-order valence-corrected chi connectivity index (χ3v) is 3.74. The second-order valence-corrected chi connectivity index (χ2v) is 5.15. The van der Waals surface area contributed by atoms with Gasteiger partial charge in [0.25, 0.3) is 0 Å². The van der Waals surface area contributed by atoms with E-state index in [9.17, 15) is 0 Å². The number of nitrogens with zero attached hydrogens (tertiary/aromatic N) is 5. The molecule has 0 bridgehead atoms. The quantitative estimate of drug-likeness (QED) is 0.905. The first-order chi connectivity index (χ1) is 9.67. The first-order valence-corrected chi connectivity index (χ1v) is 7.01. The Morgan fingerprint density at radius 3 is 3.00 bits per heavy atom. The van der Waals surface area contributed by atoms with Gasteiger partial charge in [-0.1, -0.05) is 6.92 Å². The van der Waals surface area contributed by atoms with Gasteiger partial charge in [0.2, 0.25) is 5.95 Å². The third kappa shape index (κ3) is 2.40. The summed E-state index contributed by atoms with van der Waals surface area (Å²) in [4.78, 5) is 10.9. The number of nitrogens with two attached hydrogens (primary N) is 1. The Hall–Kier alpha value is -1.89. The number of nitrogen functional groups attached to an aromatic ring is 1. The molecule has 7 heteroatoms. The molecule has 1 saturated heterocycles. The first-order valence-electron chi connectivity index (χ1n) is 7.01. The van der Waals surface area contributed by atoms with Crippen LogP contribution in [-0.4, -0.2) is 31.2 Å². The average Bonchev–Trinajstić information content (AvgIpc) is 3.12. The molecule has 0 spiro atoms. The molecule has 1 atom stereocenters. The largest absolute Gasteiger partial charge is 0.444 e. The molecule has 20 heavy (non-hydrogen) atoms. The lowest BCUT2D eigenvalue weighted by Gasteiger charge is -2.20. The Morgan fingerprint density at radius 1 is 1.50 bits per heavy atom. The smallest absolute Gasteiger partial charge is 0.218 e. The van der Waals surface area contributed by atoms with Crippen LogP contribution in [0.15, 0.2) is 10.6 Å². The van der Waals surface area contributed by atoms with Crippen molar-refractivity contribution in [3.8, 4) is 0 Å². The maximum absolute atomic E-state index is 5.77. The van der Waals surface area contributed by atoms with Crippen LogP contribution in [0.2, 0.25) is 0 Å². The summed E-state index contributed by atoms with van der Waals surface area (Å²) in [6, 6.07) is 0.216. The summed E-state index contributed by atoms with van der Waals surface area (Å²) in [5.74, 6) is 2.95. The fraction of sp³-hybridized carbons (Fsp3) is 0.615. The van der Waals surface area contributed by atoms with E-state index >= 15 is 0 Å². The van der Waals surface area contributed by atoms with Crippen LogP contribution in [0.25, 0.3) is 0 Å². The van der Waals surface area contributed by atoms with Gasteiger partial charge in [-0.25, -0.2) is 9.67 Å². The van der Waals surface area contributed by atoms with E-state index in [-0.39, 0.29) is 6.04 Å². The van der Waals surface area contributed by atoms with Gasteiger partial charge in [0.15, 0.2) is 11.7 Å². The zero-order valence-electron chi connectivity index (χ0n) is 11.9. The maximum atomic E-state index is 5.77. The van der Waals surface area contributed by atoms with Crippen LogP contribution in [-0.2, 0) is 20.0 Å². The number of aromatic nitrogens is 4. The van der Waals surface area contributed by atoms with Crippen molar-refractivity contribution in [1.29, 1.82) is 0 Å². The molecule has 0 amide bonds. The summed E-state index contributed by atoms with van der Waals surface area (Å²) in [5.41, 5.74) is 5.77. The number of hydrogen-bond donors (Lipinski definition) is 1. The van der Waals surface area contributed by atoms with E-state index in [0.29, 0.717) is 5.95 Å². The standard InChI is InChI=1S/C13H20N6O/c1-3-11-15-7-9(20-11)8-19-6-4-5-10(19)12-16-13(14)18(2)17-12/h7,10H,3-6,8H2,1-2H3,(H2,14,16,17). The fourth-order valence-electron chi connectivity index (χ4n) is 2.65. The van der Waals surface area contributed by atoms with E-state index < -0.39 is 0 Å². The van der Waals surface area contributed by atoms with Crippen molar-refractivity contribution in [2.24, 2.45) is 7.05 Å². The molecule has 2 aromatic rings. The highest BCUT2D eigenvalue weighted by molar-refractivity contribution is 5.17. The number of anilines is 1. The topological polar surface area (TPSA) is 86.0 Å². The van der Waals surface area contributed by atoms with Gasteiger partial charge in [0.1, 0.15) is 5.76 Å². The van der Waals surface area contributed by atoms with Gasteiger partial charge >= 0.3 is 0 Å². The normalized spacial score (nSPS) is 19.8. The SMILES string of the molecule is CCc1ncc(CN2CCCC2c2nc(N)n(C)n2)o1. The second-order valence-electron chi connectivity index (χ2n) is 5.15. The van der Waals surface area contributed by atoms with E-state index in [0.717, 1.165) is 49.8 Å². The highest BCUT2D eigenvalue weighted by Crippen LogP contribution is 2.31. The number of likely N-dealkylation sites (tertiary alicyclic amines) is 1. The van der Waals surface area contributed by atoms with Crippen molar-refractivity contribution in [3.05, 3.63) is 23.7 Å². The van der Waals surface area contributed by atoms with E-state index in [1.807, 2.05) is 20.2 Å². The van der Waals surface area contributed by atoms with Gasteiger partial charge in [-0.2, -0.15) is 10.1 Å². The number of oxazole rings is 1. The second kappa shape index (κ2) is 5.24. The van der Waals surface area contributed by atoms with Crippen molar-refractivity contribution in [2.45, 2.75) is 38.8 Å². The minimum atomic E-state index is 0.216. The zero-order valence-corrected chi connectivity index (χ0v) is 11.9. The highest BCUT2D eigenvalue weighted by atomic mass is 16.4. The van der Waals surface area contributed by atoms with Crippen LogP contribution in [0.3, 0.4) is 0 Å². The van der Waals surface area contributed by atoms with Crippen LogP contribution < -0.4 is 5.73 Å². The highest BCUT2D eigenvalue weighted by Gasteiger charge is 2.30. The van der Waals surface area contributed by atoms with E-state index in [2.05, 4.69) is 20.0 Å². The average molecular weight is 276 g/mol. The molecule has 0 aromatic carbocycles. The van der Waals surface area contributed by atoms with Crippen LogP contribution in [0.1, 0.15) is 43.3 Å². The minimum absolute atomic E-state index is 0.216. The minimum Gasteiger partial charge on any atom is -0.444 e. The molecule has 2 N–H and O–H groups in total. The summed E-state index contributed by atoms with van der Waals surface area (Å²) in [6.07, 6.45) is 4.83. The number of rotatable bonds is 4. The first kappa shape index (κ1) is 13.1. The zero-order chi connectivity index (χ0) is 14.1. The fourth-order valence-corrected chi connectivity index (χ4v) is 2.65. The molecule has 1 fully saturated rings. The predicted molar refractivity (Wildman–Crippen MR) is 73.7 cm³/mol. The van der Waals surface area contributed by atoms with E-state index in [4.69, 9.17) is 10.2 Å². The Balaban J connectivity index is 1.75. The van der Waals surface area contributed by atoms with Gasteiger partial charge in [0.05, 0.1) is 18.8 Å². The molecule has 2 aromatic heterocycles. The van der Waals surface area contributed by atoms with Gasteiger partial charge < -0.3 is 10.2 Å². The molecule has 3 heterocycles. The Morgan fingerprint density at radius 2 is 2.35 bits per heavy atom. The molecule has 0 saturated carbocycles. The lowest BCUT2D eigenvalue weighted by molar-refractivity contribution is 0.218. The summed E-state index contributed by atoms with van der Waals surface area (Å²) >= 11 is 0. The molecule has 0 aliphatic carbocycles. The lowest BCUT2D eigenvalue weighted by atomic mass is 10.2. The third-order valence-electron chi connectivity index (χ3n) is 3.74.